The molecule has 2 amide bonds. The van der Waals surface area contributed by atoms with Crippen LogP contribution in [0, 0.1) is 0 Å². The van der Waals surface area contributed by atoms with Gasteiger partial charge >= 0.3 is 11.9 Å². The van der Waals surface area contributed by atoms with Gasteiger partial charge in [-0.25, -0.2) is 9.59 Å². The first kappa shape index (κ1) is 18.1. The number of benzene rings is 1. The molecule has 0 heterocycles. The third kappa shape index (κ3) is 6.16. The van der Waals surface area contributed by atoms with Gasteiger partial charge in [-0.2, -0.15) is 0 Å². The number of rotatable bonds is 9. The fraction of sp³-hybridized carbons (Fsp3) is 0.333. The number of hydrogen-bond acceptors (Lipinski definition) is 5. The Morgan fingerprint density at radius 3 is 2.39 bits per heavy atom. The van der Waals surface area contributed by atoms with Gasteiger partial charge in [0.25, 0.3) is 0 Å². The molecular weight excluding hydrogens is 304 g/mol. The second-order valence-electron chi connectivity index (χ2n) is 4.71. The summed E-state index contributed by atoms with van der Waals surface area (Å²) in [5.41, 5.74) is 0.809. The number of carboxylic acids is 1. The largest absolute Gasteiger partial charge is 0.480 e. The second kappa shape index (κ2) is 9.19. The Morgan fingerprint density at radius 1 is 1.22 bits per heavy atom. The van der Waals surface area contributed by atoms with Gasteiger partial charge < -0.3 is 20.5 Å². The molecule has 1 rings (SSSR count). The van der Waals surface area contributed by atoms with Crippen molar-refractivity contribution in [2.45, 2.75) is 24.9 Å². The number of nitrogens with one attached hydrogen (secondary N) is 2. The van der Waals surface area contributed by atoms with Crippen molar-refractivity contribution in [2.75, 3.05) is 7.11 Å². The van der Waals surface area contributed by atoms with Gasteiger partial charge in [0.15, 0.2) is 0 Å². The molecule has 1 aromatic carbocycles. The van der Waals surface area contributed by atoms with Gasteiger partial charge in [-0.1, -0.05) is 30.3 Å². The Hall–Kier alpha value is -2.90. The van der Waals surface area contributed by atoms with Crippen LogP contribution in [0.5, 0.6) is 0 Å². The van der Waals surface area contributed by atoms with Crippen molar-refractivity contribution >= 4 is 24.3 Å². The van der Waals surface area contributed by atoms with E-state index in [1.54, 1.807) is 24.3 Å². The van der Waals surface area contributed by atoms with Crippen molar-refractivity contribution in [3.05, 3.63) is 35.9 Å². The van der Waals surface area contributed by atoms with Gasteiger partial charge in [-0.3, -0.25) is 9.59 Å². The molecule has 0 radical (unpaired) electrons. The Morgan fingerprint density at radius 2 is 1.87 bits per heavy atom. The predicted octanol–water partition coefficient (Wildman–Crippen LogP) is -0.524. The summed E-state index contributed by atoms with van der Waals surface area (Å²) in [6.45, 7) is 0. The first-order chi connectivity index (χ1) is 11.0. The summed E-state index contributed by atoms with van der Waals surface area (Å²) >= 11 is 0. The monoisotopic (exact) mass is 322 g/mol. The number of ether oxygens (including phenoxy) is 1. The van der Waals surface area contributed by atoms with Crippen molar-refractivity contribution in [1.82, 2.24) is 10.6 Å². The molecule has 0 aromatic heterocycles. The van der Waals surface area contributed by atoms with Gasteiger partial charge in [0.2, 0.25) is 12.3 Å². The van der Waals surface area contributed by atoms with E-state index >= 15 is 0 Å². The van der Waals surface area contributed by atoms with Crippen LogP contribution < -0.4 is 10.6 Å². The molecule has 1 unspecified atom stereocenters. The van der Waals surface area contributed by atoms with Gasteiger partial charge in [-0.15, -0.1) is 0 Å². The smallest absolute Gasteiger partial charge is 0.328 e. The molecule has 0 aliphatic heterocycles. The lowest BCUT2D eigenvalue weighted by molar-refractivity contribution is -0.145. The van der Waals surface area contributed by atoms with Crippen LogP contribution in [0.15, 0.2) is 30.3 Å². The van der Waals surface area contributed by atoms with Crippen LogP contribution in [0.1, 0.15) is 12.0 Å². The molecule has 0 saturated heterocycles. The van der Waals surface area contributed by atoms with Crippen molar-refractivity contribution in [3.63, 3.8) is 0 Å². The molecule has 0 saturated carbocycles. The maximum atomic E-state index is 11.9. The van der Waals surface area contributed by atoms with Crippen LogP contribution in [0.3, 0.4) is 0 Å². The van der Waals surface area contributed by atoms with E-state index in [1.807, 2.05) is 11.4 Å². The fourth-order valence-corrected chi connectivity index (χ4v) is 1.92. The molecule has 8 heteroatoms. The Balaban J connectivity index is 2.72. The lowest BCUT2D eigenvalue weighted by Crippen LogP contribution is -2.46. The summed E-state index contributed by atoms with van der Waals surface area (Å²) in [6.07, 6.45) is -0.0811. The van der Waals surface area contributed by atoms with Crippen LogP contribution in [0.25, 0.3) is 0 Å². The van der Waals surface area contributed by atoms with Gasteiger partial charge in [0.05, 0.1) is 13.5 Å². The average molecular weight is 322 g/mol. The second-order valence-corrected chi connectivity index (χ2v) is 4.71. The van der Waals surface area contributed by atoms with E-state index in [0.717, 1.165) is 5.56 Å². The first-order valence-electron chi connectivity index (χ1n) is 6.81. The van der Waals surface area contributed by atoms with Crippen molar-refractivity contribution in [3.8, 4) is 0 Å². The fourth-order valence-electron chi connectivity index (χ4n) is 1.92. The molecule has 1 aromatic rings. The number of carboxylic acid groups (broad SMARTS) is 1. The number of carbonyl (C=O) groups excluding carboxylic acids is 3. The van der Waals surface area contributed by atoms with E-state index in [4.69, 9.17) is 5.11 Å². The topological polar surface area (TPSA) is 122 Å². The molecule has 0 fully saturated rings. The highest BCUT2D eigenvalue weighted by atomic mass is 16.5. The van der Waals surface area contributed by atoms with Crippen molar-refractivity contribution < 1.29 is 29.0 Å². The highest BCUT2D eigenvalue weighted by Gasteiger charge is 2.25. The lowest BCUT2D eigenvalue weighted by atomic mass is 10.1. The van der Waals surface area contributed by atoms with Crippen molar-refractivity contribution in [2.24, 2.45) is 0 Å². The molecule has 0 aliphatic carbocycles. The summed E-state index contributed by atoms with van der Waals surface area (Å²) in [5, 5.41) is 13.3. The number of esters is 1. The van der Waals surface area contributed by atoms with Crippen LogP contribution >= 0.6 is 0 Å². The predicted molar refractivity (Wildman–Crippen MR) is 79.3 cm³/mol. The zero-order chi connectivity index (χ0) is 17.2. The molecule has 3 N–H and O–H groups in total. The SMILES string of the molecule is COC(=O)[C@H](Cc1ccccc1)NC(=O)CC(NC=O)C(=O)O. The summed E-state index contributed by atoms with van der Waals surface area (Å²) in [5.74, 6) is -2.67. The highest BCUT2D eigenvalue weighted by Crippen LogP contribution is 2.05. The van der Waals surface area contributed by atoms with E-state index in [2.05, 4.69) is 10.1 Å². The van der Waals surface area contributed by atoms with Crippen LogP contribution in [0.2, 0.25) is 0 Å². The molecule has 0 aliphatic rings. The van der Waals surface area contributed by atoms with Gasteiger partial charge in [0, 0.05) is 6.42 Å². The molecule has 0 spiro atoms. The van der Waals surface area contributed by atoms with E-state index in [-0.39, 0.29) is 12.8 Å². The molecule has 2 atom stereocenters. The van der Waals surface area contributed by atoms with Crippen LogP contribution in [-0.4, -0.2) is 48.6 Å². The number of aliphatic carboxylic acids is 1. The van der Waals surface area contributed by atoms with Gasteiger partial charge in [-0.05, 0) is 5.56 Å². The minimum Gasteiger partial charge on any atom is -0.480 e. The standard InChI is InChI=1S/C15H18N2O6/c1-23-15(22)12(7-10-5-3-2-4-6-10)17-13(19)8-11(14(20)21)16-9-18/h2-6,9,11-12H,7-8H2,1H3,(H,16,18)(H,17,19)(H,20,21)/t11?,12-/m0/s1. The Bertz CT molecular complexity index is 560. The third-order valence-corrected chi connectivity index (χ3v) is 3.06. The zero-order valence-electron chi connectivity index (χ0n) is 12.5. The first-order valence-corrected chi connectivity index (χ1v) is 6.81. The number of amides is 2. The average Bonchev–Trinajstić information content (AvgIpc) is 2.54. The normalized spacial score (nSPS) is 12.6. The summed E-state index contributed by atoms with van der Waals surface area (Å²) < 4.78 is 4.64. The third-order valence-electron chi connectivity index (χ3n) is 3.06. The van der Waals surface area contributed by atoms with Crippen LogP contribution in [-0.2, 0) is 30.3 Å². The molecule has 0 bridgehead atoms. The Labute approximate surface area is 132 Å². The van der Waals surface area contributed by atoms with E-state index in [1.165, 1.54) is 7.11 Å². The highest BCUT2D eigenvalue weighted by molar-refractivity contribution is 5.88. The molecule has 8 nitrogen and oxygen atoms in total. The van der Waals surface area contributed by atoms with Gasteiger partial charge in [0.1, 0.15) is 12.1 Å². The maximum Gasteiger partial charge on any atom is 0.328 e. The number of carbonyl (C=O) groups is 4. The summed E-state index contributed by atoms with van der Waals surface area (Å²) in [6, 6.07) is 6.67. The molecule has 23 heavy (non-hydrogen) atoms. The summed E-state index contributed by atoms with van der Waals surface area (Å²) in [7, 11) is 1.19. The Kier molecular flexibility index (Phi) is 7.25. The maximum absolute atomic E-state index is 11.9. The molecule has 124 valence electrons. The lowest BCUT2D eigenvalue weighted by Gasteiger charge is -2.18. The minimum absolute atomic E-state index is 0.202. The minimum atomic E-state index is -1.36. The zero-order valence-corrected chi connectivity index (χ0v) is 12.5. The van der Waals surface area contributed by atoms with E-state index < -0.39 is 36.4 Å². The number of methoxy groups -OCH3 is 1. The quantitative estimate of drug-likeness (QED) is 0.415. The molecular formula is C15H18N2O6. The van der Waals surface area contributed by atoms with Crippen molar-refractivity contribution in [1.29, 1.82) is 0 Å². The van der Waals surface area contributed by atoms with E-state index in [0.29, 0.717) is 0 Å². The van der Waals surface area contributed by atoms with E-state index in [9.17, 15) is 19.2 Å². The summed E-state index contributed by atoms with van der Waals surface area (Å²) in [4.78, 5) is 44.9. The number of hydrogen-bond donors (Lipinski definition) is 3. The van der Waals surface area contributed by atoms with Crippen LogP contribution in [0.4, 0.5) is 0 Å².